The zero-order chi connectivity index (χ0) is 22.0. The molecule has 3 fully saturated rings. The Morgan fingerprint density at radius 2 is 1.87 bits per heavy atom. The molecule has 7 nitrogen and oxygen atoms in total. The second-order valence-electron chi connectivity index (χ2n) is 9.11. The van der Waals surface area contributed by atoms with Crippen molar-refractivity contribution in [3.05, 3.63) is 35.6 Å². The van der Waals surface area contributed by atoms with Crippen LogP contribution in [0.5, 0.6) is 0 Å². The lowest BCUT2D eigenvalue weighted by molar-refractivity contribution is -0.133. The molecule has 0 aromatic heterocycles. The van der Waals surface area contributed by atoms with Crippen LogP contribution < -0.4 is 5.32 Å². The SMILES string of the molecule is CN1C(CCC(=O)N2CCC(O)CC2)CNC(=O)C2C1CCN2Cc1ccc(F)cc1. The van der Waals surface area contributed by atoms with Gasteiger partial charge in [0.15, 0.2) is 0 Å². The van der Waals surface area contributed by atoms with E-state index >= 15 is 0 Å². The van der Waals surface area contributed by atoms with E-state index in [1.165, 1.54) is 12.1 Å². The summed E-state index contributed by atoms with van der Waals surface area (Å²) < 4.78 is 13.2. The highest BCUT2D eigenvalue weighted by atomic mass is 19.1. The Morgan fingerprint density at radius 1 is 1.16 bits per heavy atom. The van der Waals surface area contributed by atoms with Gasteiger partial charge < -0.3 is 15.3 Å². The summed E-state index contributed by atoms with van der Waals surface area (Å²) in [6.07, 6.45) is 3.07. The fourth-order valence-electron chi connectivity index (χ4n) is 5.21. The van der Waals surface area contributed by atoms with Crippen LogP contribution in [0.3, 0.4) is 0 Å². The largest absolute Gasteiger partial charge is 0.393 e. The molecule has 2 amide bonds. The zero-order valence-electron chi connectivity index (χ0n) is 18.2. The van der Waals surface area contributed by atoms with Crippen molar-refractivity contribution >= 4 is 11.8 Å². The summed E-state index contributed by atoms with van der Waals surface area (Å²) in [6, 6.07) is 6.44. The van der Waals surface area contributed by atoms with Crippen molar-refractivity contribution in [2.45, 2.75) is 62.9 Å². The van der Waals surface area contributed by atoms with E-state index < -0.39 is 0 Å². The van der Waals surface area contributed by atoms with Crippen molar-refractivity contribution in [3.63, 3.8) is 0 Å². The Balaban J connectivity index is 1.35. The maximum atomic E-state index is 13.2. The van der Waals surface area contributed by atoms with Gasteiger partial charge >= 0.3 is 0 Å². The van der Waals surface area contributed by atoms with Crippen molar-refractivity contribution in [1.29, 1.82) is 0 Å². The van der Waals surface area contributed by atoms with E-state index in [2.05, 4.69) is 22.2 Å². The van der Waals surface area contributed by atoms with Gasteiger partial charge in [0.1, 0.15) is 11.9 Å². The lowest BCUT2D eigenvalue weighted by Gasteiger charge is -2.34. The van der Waals surface area contributed by atoms with E-state index in [4.69, 9.17) is 0 Å². The maximum absolute atomic E-state index is 13.2. The van der Waals surface area contributed by atoms with Crippen LogP contribution in [0, 0.1) is 5.82 Å². The number of likely N-dealkylation sites (tertiary alicyclic amines) is 2. The quantitative estimate of drug-likeness (QED) is 0.725. The first-order valence-corrected chi connectivity index (χ1v) is 11.4. The van der Waals surface area contributed by atoms with Gasteiger partial charge in [-0.1, -0.05) is 12.1 Å². The molecule has 4 rings (SSSR count). The Morgan fingerprint density at radius 3 is 2.58 bits per heavy atom. The molecule has 0 aliphatic carbocycles. The number of hydrogen-bond acceptors (Lipinski definition) is 5. The predicted octanol–water partition coefficient (Wildman–Crippen LogP) is 0.962. The minimum Gasteiger partial charge on any atom is -0.393 e. The molecule has 3 aliphatic heterocycles. The first-order chi connectivity index (χ1) is 14.9. The maximum Gasteiger partial charge on any atom is 0.239 e. The molecule has 3 saturated heterocycles. The molecule has 8 heteroatoms. The number of carbonyl (C=O) groups is 2. The van der Waals surface area contributed by atoms with E-state index in [0.717, 1.165) is 18.5 Å². The van der Waals surface area contributed by atoms with E-state index in [9.17, 15) is 19.1 Å². The summed E-state index contributed by atoms with van der Waals surface area (Å²) >= 11 is 0. The molecule has 3 unspecified atom stereocenters. The molecule has 3 atom stereocenters. The molecular weight excluding hydrogens is 399 g/mol. The molecule has 1 aromatic rings. The van der Waals surface area contributed by atoms with Crippen LogP contribution in [-0.2, 0) is 16.1 Å². The number of fused-ring (bicyclic) bond motifs is 1. The number of carbonyl (C=O) groups excluding carboxylic acids is 2. The highest BCUT2D eigenvalue weighted by Crippen LogP contribution is 2.28. The molecule has 0 radical (unpaired) electrons. The number of benzene rings is 1. The first kappa shape index (κ1) is 22.2. The highest BCUT2D eigenvalue weighted by Gasteiger charge is 2.45. The van der Waals surface area contributed by atoms with E-state index in [1.807, 2.05) is 4.90 Å². The van der Waals surface area contributed by atoms with Gasteiger partial charge in [0, 0.05) is 51.2 Å². The van der Waals surface area contributed by atoms with Gasteiger partial charge in [0.25, 0.3) is 0 Å². The van der Waals surface area contributed by atoms with E-state index in [0.29, 0.717) is 51.9 Å². The predicted molar refractivity (Wildman–Crippen MR) is 115 cm³/mol. The molecule has 31 heavy (non-hydrogen) atoms. The summed E-state index contributed by atoms with van der Waals surface area (Å²) in [4.78, 5) is 31.8. The van der Waals surface area contributed by atoms with Crippen molar-refractivity contribution in [2.24, 2.45) is 0 Å². The lowest BCUT2D eigenvalue weighted by Crippen LogP contribution is -2.49. The second-order valence-corrected chi connectivity index (χ2v) is 9.11. The average Bonchev–Trinajstić information content (AvgIpc) is 3.13. The summed E-state index contributed by atoms with van der Waals surface area (Å²) in [5.74, 6) is -0.0831. The summed E-state index contributed by atoms with van der Waals surface area (Å²) in [6.45, 7) is 3.22. The van der Waals surface area contributed by atoms with Gasteiger partial charge in [0.2, 0.25) is 11.8 Å². The third-order valence-electron chi connectivity index (χ3n) is 7.16. The number of aliphatic hydroxyl groups is 1. The molecule has 3 heterocycles. The molecular formula is C23H33FN4O3. The Labute approximate surface area is 183 Å². The number of piperidine rings is 1. The van der Waals surface area contributed by atoms with Crippen LogP contribution in [-0.4, -0.2) is 89.1 Å². The van der Waals surface area contributed by atoms with E-state index in [-0.39, 0.29) is 41.9 Å². The number of aliphatic hydroxyl groups excluding tert-OH is 1. The molecule has 170 valence electrons. The number of halogens is 1. The second kappa shape index (κ2) is 9.63. The average molecular weight is 433 g/mol. The number of hydrogen-bond donors (Lipinski definition) is 2. The van der Waals surface area contributed by atoms with Crippen LogP contribution in [0.25, 0.3) is 0 Å². The van der Waals surface area contributed by atoms with Crippen LogP contribution >= 0.6 is 0 Å². The van der Waals surface area contributed by atoms with E-state index in [1.54, 1.807) is 12.1 Å². The molecule has 2 N–H and O–H groups in total. The standard InChI is InChI=1S/C23H33FN4O3/c1-26-18(6-7-21(30)27-11-8-19(29)9-12-27)14-25-23(31)22-20(26)10-13-28(22)15-16-2-4-17(24)5-3-16/h2-5,18-20,22,29H,6-15H2,1H3,(H,25,31). The minimum absolute atomic E-state index is 0.0373. The van der Waals surface area contributed by atoms with Crippen molar-refractivity contribution in [2.75, 3.05) is 33.2 Å². The van der Waals surface area contributed by atoms with Gasteiger partial charge in [-0.25, -0.2) is 4.39 Å². The lowest BCUT2D eigenvalue weighted by atomic mass is 10.0. The Hall–Kier alpha value is -2.03. The van der Waals surface area contributed by atoms with Crippen molar-refractivity contribution in [3.8, 4) is 0 Å². The first-order valence-electron chi connectivity index (χ1n) is 11.4. The molecule has 1 aromatic carbocycles. The number of rotatable bonds is 5. The third-order valence-corrected chi connectivity index (χ3v) is 7.16. The van der Waals surface area contributed by atoms with Crippen LogP contribution in [0.15, 0.2) is 24.3 Å². The fourth-order valence-corrected chi connectivity index (χ4v) is 5.21. The topological polar surface area (TPSA) is 76.1 Å². The Kier molecular flexibility index (Phi) is 6.89. The molecule has 3 aliphatic rings. The summed E-state index contributed by atoms with van der Waals surface area (Å²) in [5, 5.41) is 12.7. The smallest absolute Gasteiger partial charge is 0.239 e. The monoisotopic (exact) mass is 432 g/mol. The molecule has 0 bridgehead atoms. The van der Waals surface area contributed by atoms with Gasteiger partial charge in [-0.3, -0.25) is 19.4 Å². The third kappa shape index (κ3) is 5.07. The minimum atomic E-state index is -0.288. The molecule has 0 saturated carbocycles. The van der Waals surface area contributed by atoms with Crippen LogP contribution in [0.1, 0.15) is 37.7 Å². The summed E-state index contributed by atoms with van der Waals surface area (Å²) in [5.41, 5.74) is 0.996. The van der Waals surface area contributed by atoms with Gasteiger partial charge in [0.05, 0.1) is 6.10 Å². The van der Waals surface area contributed by atoms with Crippen LogP contribution in [0.4, 0.5) is 4.39 Å². The summed E-state index contributed by atoms with van der Waals surface area (Å²) in [7, 11) is 2.06. The zero-order valence-corrected chi connectivity index (χ0v) is 18.2. The Bertz CT molecular complexity index is 782. The van der Waals surface area contributed by atoms with Crippen molar-refractivity contribution in [1.82, 2.24) is 20.0 Å². The fraction of sp³-hybridized carbons (Fsp3) is 0.652. The van der Waals surface area contributed by atoms with Crippen molar-refractivity contribution < 1.29 is 19.1 Å². The van der Waals surface area contributed by atoms with Gasteiger partial charge in [-0.15, -0.1) is 0 Å². The highest BCUT2D eigenvalue weighted by molar-refractivity contribution is 5.83. The van der Waals surface area contributed by atoms with Gasteiger partial charge in [-0.05, 0) is 50.4 Å². The van der Waals surface area contributed by atoms with Gasteiger partial charge in [-0.2, -0.15) is 0 Å². The number of nitrogens with zero attached hydrogens (tertiary/aromatic N) is 3. The number of likely N-dealkylation sites (N-methyl/N-ethyl adjacent to an activating group) is 1. The van der Waals surface area contributed by atoms with Crippen LogP contribution in [0.2, 0.25) is 0 Å². The normalized spacial score (nSPS) is 28.3. The number of amides is 2. The number of nitrogens with one attached hydrogen (secondary N) is 1. The molecule has 0 spiro atoms.